The summed E-state index contributed by atoms with van der Waals surface area (Å²) >= 11 is 3.11. The van der Waals surface area contributed by atoms with Gasteiger partial charge >= 0.3 is 5.97 Å². The molecule has 0 spiro atoms. The van der Waals surface area contributed by atoms with Gasteiger partial charge in [-0.25, -0.2) is 9.78 Å². The number of fused-ring (bicyclic) bond motifs is 1. The monoisotopic (exact) mass is 362 g/mol. The SMILES string of the molecule is O=C(OCCn1cnc2ccccc2c1=O)c1ccc(Br)o1. The summed E-state index contributed by atoms with van der Waals surface area (Å²) in [6.07, 6.45) is 1.45. The van der Waals surface area contributed by atoms with Crippen molar-refractivity contribution in [2.45, 2.75) is 6.54 Å². The average molecular weight is 363 g/mol. The lowest BCUT2D eigenvalue weighted by Crippen LogP contribution is -2.23. The zero-order chi connectivity index (χ0) is 15.5. The van der Waals surface area contributed by atoms with Gasteiger partial charge in [0.15, 0.2) is 4.67 Å². The molecule has 2 aromatic heterocycles. The molecule has 0 amide bonds. The Morgan fingerprint density at radius 3 is 2.86 bits per heavy atom. The molecule has 0 saturated heterocycles. The number of carbonyl (C=O) groups is 1. The number of esters is 1. The van der Waals surface area contributed by atoms with Crippen LogP contribution in [-0.4, -0.2) is 22.1 Å². The Hall–Kier alpha value is -2.41. The number of furan rings is 1. The van der Waals surface area contributed by atoms with E-state index in [0.717, 1.165) is 0 Å². The molecule has 0 bridgehead atoms. The normalized spacial score (nSPS) is 10.8. The van der Waals surface area contributed by atoms with E-state index in [1.54, 1.807) is 24.3 Å². The summed E-state index contributed by atoms with van der Waals surface area (Å²) in [6.45, 7) is 0.279. The summed E-state index contributed by atoms with van der Waals surface area (Å²) in [4.78, 5) is 28.1. The van der Waals surface area contributed by atoms with E-state index in [4.69, 9.17) is 9.15 Å². The average Bonchev–Trinajstić information content (AvgIpc) is 2.96. The highest BCUT2D eigenvalue weighted by Gasteiger charge is 2.12. The second kappa shape index (κ2) is 6.15. The van der Waals surface area contributed by atoms with Crippen LogP contribution in [0.2, 0.25) is 0 Å². The minimum Gasteiger partial charge on any atom is -0.458 e. The summed E-state index contributed by atoms with van der Waals surface area (Å²) in [5, 5.41) is 0.534. The van der Waals surface area contributed by atoms with Crippen LogP contribution >= 0.6 is 15.9 Å². The molecule has 0 atom stereocenters. The van der Waals surface area contributed by atoms with Gasteiger partial charge in [-0.2, -0.15) is 0 Å². The fourth-order valence-corrected chi connectivity index (χ4v) is 2.30. The molecule has 0 aliphatic heterocycles. The number of benzene rings is 1. The lowest BCUT2D eigenvalue weighted by molar-refractivity contribution is 0.0452. The van der Waals surface area contributed by atoms with Gasteiger partial charge in [0.05, 0.1) is 23.8 Å². The Morgan fingerprint density at radius 2 is 2.09 bits per heavy atom. The van der Waals surface area contributed by atoms with Gasteiger partial charge in [0.25, 0.3) is 5.56 Å². The van der Waals surface area contributed by atoms with E-state index in [-0.39, 0.29) is 24.5 Å². The van der Waals surface area contributed by atoms with Crippen molar-refractivity contribution in [3.05, 3.63) is 63.5 Å². The van der Waals surface area contributed by atoms with Gasteiger partial charge in [-0.05, 0) is 40.2 Å². The molecular weight excluding hydrogens is 352 g/mol. The van der Waals surface area contributed by atoms with E-state index in [2.05, 4.69) is 20.9 Å². The number of nitrogens with zero attached hydrogens (tertiary/aromatic N) is 2. The van der Waals surface area contributed by atoms with Crippen LogP contribution in [-0.2, 0) is 11.3 Å². The first-order chi connectivity index (χ1) is 10.6. The predicted molar refractivity (Wildman–Crippen MR) is 82.7 cm³/mol. The van der Waals surface area contributed by atoms with E-state index < -0.39 is 5.97 Å². The molecule has 0 aliphatic rings. The summed E-state index contributed by atoms with van der Waals surface area (Å²) in [7, 11) is 0. The molecule has 22 heavy (non-hydrogen) atoms. The predicted octanol–water partition coefficient (Wildman–Crippen LogP) is 2.61. The third-order valence-corrected chi connectivity index (χ3v) is 3.50. The molecule has 1 aromatic carbocycles. The number of hydrogen-bond donors (Lipinski definition) is 0. The maximum absolute atomic E-state index is 12.2. The maximum Gasteiger partial charge on any atom is 0.374 e. The third kappa shape index (κ3) is 2.94. The van der Waals surface area contributed by atoms with Crippen molar-refractivity contribution < 1.29 is 13.9 Å². The van der Waals surface area contributed by atoms with Gasteiger partial charge < -0.3 is 9.15 Å². The first-order valence-corrected chi connectivity index (χ1v) is 7.31. The van der Waals surface area contributed by atoms with Gasteiger partial charge in [-0.3, -0.25) is 9.36 Å². The van der Waals surface area contributed by atoms with Crippen molar-refractivity contribution in [2.75, 3.05) is 6.61 Å². The molecular formula is C15H11BrN2O4. The van der Waals surface area contributed by atoms with E-state index in [0.29, 0.717) is 15.6 Å². The topological polar surface area (TPSA) is 74.3 Å². The fourth-order valence-electron chi connectivity index (χ4n) is 2.00. The molecule has 0 unspecified atom stereocenters. The van der Waals surface area contributed by atoms with Gasteiger partial charge in [-0.15, -0.1) is 0 Å². The van der Waals surface area contributed by atoms with Crippen LogP contribution < -0.4 is 5.56 Å². The van der Waals surface area contributed by atoms with Gasteiger partial charge in [0.1, 0.15) is 6.61 Å². The van der Waals surface area contributed by atoms with Crippen molar-refractivity contribution in [2.24, 2.45) is 0 Å². The molecule has 0 radical (unpaired) electrons. The van der Waals surface area contributed by atoms with Crippen LogP contribution in [0.15, 0.2) is 56.6 Å². The second-order valence-corrected chi connectivity index (χ2v) is 5.28. The highest BCUT2D eigenvalue weighted by Crippen LogP contribution is 2.14. The zero-order valence-corrected chi connectivity index (χ0v) is 12.9. The number of carbonyl (C=O) groups excluding carboxylic acids is 1. The number of ether oxygens (including phenoxy) is 1. The molecule has 0 saturated carbocycles. The van der Waals surface area contributed by atoms with Crippen molar-refractivity contribution in [1.29, 1.82) is 0 Å². The minimum atomic E-state index is -0.576. The molecule has 2 heterocycles. The molecule has 0 N–H and O–H groups in total. The lowest BCUT2D eigenvalue weighted by atomic mass is 10.2. The largest absolute Gasteiger partial charge is 0.458 e. The van der Waals surface area contributed by atoms with Crippen LogP contribution in [0.5, 0.6) is 0 Å². The Bertz CT molecular complexity index is 884. The third-order valence-electron chi connectivity index (χ3n) is 3.07. The van der Waals surface area contributed by atoms with E-state index in [1.165, 1.54) is 17.0 Å². The molecule has 3 aromatic rings. The maximum atomic E-state index is 12.2. The minimum absolute atomic E-state index is 0.0527. The number of rotatable bonds is 4. The smallest absolute Gasteiger partial charge is 0.374 e. The van der Waals surface area contributed by atoms with Gasteiger partial charge in [0.2, 0.25) is 5.76 Å². The van der Waals surface area contributed by atoms with E-state index >= 15 is 0 Å². The zero-order valence-electron chi connectivity index (χ0n) is 11.4. The first kappa shape index (κ1) is 14.5. The van der Waals surface area contributed by atoms with Crippen molar-refractivity contribution in [3.8, 4) is 0 Å². The van der Waals surface area contributed by atoms with Crippen LogP contribution in [0, 0.1) is 0 Å². The van der Waals surface area contributed by atoms with E-state index in [9.17, 15) is 9.59 Å². The van der Waals surface area contributed by atoms with E-state index in [1.807, 2.05) is 6.07 Å². The second-order valence-electron chi connectivity index (χ2n) is 4.50. The van der Waals surface area contributed by atoms with Crippen LogP contribution in [0.3, 0.4) is 0 Å². The number of para-hydroxylation sites is 1. The lowest BCUT2D eigenvalue weighted by Gasteiger charge is -2.07. The summed E-state index contributed by atoms with van der Waals surface area (Å²) in [6, 6.07) is 10.2. The van der Waals surface area contributed by atoms with Crippen molar-refractivity contribution in [3.63, 3.8) is 0 Å². The standard InChI is InChI=1S/C15H11BrN2O4/c16-13-6-5-12(22-13)15(20)21-8-7-18-9-17-11-4-2-1-3-10(11)14(18)19/h1-6,9H,7-8H2. The summed E-state index contributed by atoms with van der Waals surface area (Å²) in [5.41, 5.74) is 0.476. The van der Waals surface area contributed by atoms with Crippen LogP contribution in [0.4, 0.5) is 0 Å². The first-order valence-electron chi connectivity index (χ1n) is 6.52. The highest BCUT2D eigenvalue weighted by atomic mass is 79.9. The highest BCUT2D eigenvalue weighted by molar-refractivity contribution is 9.10. The summed E-state index contributed by atoms with van der Waals surface area (Å²) in [5.74, 6) is -0.469. The Morgan fingerprint density at radius 1 is 1.27 bits per heavy atom. The number of hydrogen-bond acceptors (Lipinski definition) is 5. The molecule has 6 nitrogen and oxygen atoms in total. The Kier molecular flexibility index (Phi) is 4.06. The Balaban J connectivity index is 1.68. The van der Waals surface area contributed by atoms with Crippen LogP contribution in [0.1, 0.15) is 10.6 Å². The Labute approximate surface area is 133 Å². The number of halogens is 1. The molecule has 112 valence electrons. The van der Waals surface area contributed by atoms with Crippen LogP contribution in [0.25, 0.3) is 10.9 Å². The van der Waals surface area contributed by atoms with Crippen molar-refractivity contribution >= 4 is 32.8 Å². The molecule has 7 heteroatoms. The van der Waals surface area contributed by atoms with Gasteiger partial charge in [-0.1, -0.05) is 12.1 Å². The number of aromatic nitrogens is 2. The summed E-state index contributed by atoms with van der Waals surface area (Å²) < 4.78 is 12.0. The fraction of sp³-hybridized carbons (Fsp3) is 0.133. The van der Waals surface area contributed by atoms with Crippen molar-refractivity contribution in [1.82, 2.24) is 9.55 Å². The quantitative estimate of drug-likeness (QED) is 0.667. The molecule has 0 aliphatic carbocycles. The molecule has 0 fully saturated rings. The van der Waals surface area contributed by atoms with Gasteiger partial charge in [0, 0.05) is 0 Å². The molecule has 3 rings (SSSR count).